The first-order valence-corrected chi connectivity index (χ1v) is 10.6. The number of unbranched alkanes of at least 4 members (excludes halogenated alkanes) is 1. The summed E-state index contributed by atoms with van der Waals surface area (Å²) in [6.07, 6.45) is 3.34. The monoisotopic (exact) mass is 416 g/mol. The number of aliphatic imine (C=N–C) groups is 1. The highest BCUT2D eigenvalue weighted by Crippen LogP contribution is 2.22. The Bertz CT molecular complexity index is 894. The average molecular weight is 417 g/mol. The van der Waals surface area contributed by atoms with Crippen molar-refractivity contribution < 1.29 is 19.0 Å². The van der Waals surface area contributed by atoms with Gasteiger partial charge in [-0.15, -0.1) is 4.99 Å². The Morgan fingerprint density at radius 3 is 2.55 bits per heavy atom. The van der Waals surface area contributed by atoms with E-state index in [9.17, 15) is 14.4 Å². The number of benzene rings is 1. The molecule has 0 bridgehead atoms. The Hall–Kier alpha value is -2.68. The molecule has 9 heteroatoms. The van der Waals surface area contributed by atoms with Crippen LogP contribution in [0.25, 0.3) is 0 Å². The lowest BCUT2D eigenvalue weighted by molar-refractivity contribution is -0.367. The molecule has 29 heavy (non-hydrogen) atoms. The largest absolute Gasteiger partial charge is 0.388 e. The molecule has 8 nitrogen and oxygen atoms in total. The lowest BCUT2D eigenvalue weighted by atomic mass is 10.1. The number of aryl methyl sites for hydroxylation is 1. The summed E-state index contributed by atoms with van der Waals surface area (Å²) in [7, 11) is 4.81. The van der Waals surface area contributed by atoms with E-state index in [1.54, 1.807) is 18.7 Å². The molecule has 0 aliphatic carbocycles. The molecule has 4 amide bonds. The number of amidine groups is 2. The van der Waals surface area contributed by atoms with Gasteiger partial charge >= 0.3 is 6.03 Å². The normalized spacial score (nSPS) is 18.9. The number of anilines is 1. The van der Waals surface area contributed by atoms with Crippen LogP contribution in [-0.2, 0) is 16.0 Å². The predicted molar refractivity (Wildman–Crippen MR) is 114 cm³/mol. The number of carbonyl (C=O) groups excluding carboxylic acids is 3. The lowest BCUT2D eigenvalue weighted by Crippen LogP contribution is -2.59. The number of thioether (sulfide) groups is 1. The van der Waals surface area contributed by atoms with Crippen LogP contribution in [-0.4, -0.2) is 76.2 Å². The van der Waals surface area contributed by atoms with E-state index in [1.165, 1.54) is 29.3 Å². The van der Waals surface area contributed by atoms with Gasteiger partial charge in [-0.2, -0.15) is 0 Å². The van der Waals surface area contributed by atoms with Crippen molar-refractivity contribution in [3.05, 3.63) is 29.8 Å². The molecule has 1 saturated heterocycles. The van der Waals surface area contributed by atoms with Gasteiger partial charge in [0.2, 0.25) is 5.91 Å². The van der Waals surface area contributed by atoms with Crippen LogP contribution in [0.3, 0.4) is 0 Å². The number of nitrogens with zero attached hydrogens (tertiary/aromatic N) is 4. The topological polar surface area (TPSA) is 85.1 Å². The zero-order chi connectivity index (χ0) is 21.1. The molecule has 154 valence electrons. The van der Waals surface area contributed by atoms with Crippen LogP contribution in [0.1, 0.15) is 25.3 Å². The van der Waals surface area contributed by atoms with Crippen LogP contribution in [0.4, 0.5) is 10.5 Å². The number of amides is 4. The Kier molecular flexibility index (Phi) is 6.36. The molecule has 3 rings (SSSR count). The fourth-order valence-corrected chi connectivity index (χ4v) is 4.11. The first-order valence-electron chi connectivity index (χ1n) is 9.58. The van der Waals surface area contributed by atoms with Crippen molar-refractivity contribution in [2.24, 2.45) is 4.99 Å². The molecule has 0 radical (unpaired) electrons. The molecule has 0 spiro atoms. The van der Waals surface area contributed by atoms with Gasteiger partial charge < -0.3 is 5.32 Å². The van der Waals surface area contributed by atoms with Crippen molar-refractivity contribution in [3.8, 4) is 0 Å². The third-order valence-corrected chi connectivity index (χ3v) is 6.03. The Morgan fingerprint density at radius 1 is 1.21 bits per heavy atom. The first-order chi connectivity index (χ1) is 13.8. The third kappa shape index (κ3) is 4.34. The molecule has 2 aliphatic heterocycles. The summed E-state index contributed by atoms with van der Waals surface area (Å²) < 4.78 is 1.70. The van der Waals surface area contributed by atoms with Crippen LogP contribution in [0, 0.1) is 0 Å². The summed E-state index contributed by atoms with van der Waals surface area (Å²) in [5.41, 5.74) is 2.01. The molecule has 1 aromatic rings. The summed E-state index contributed by atoms with van der Waals surface area (Å²) >= 11 is 1.24. The molecule has 1 atom stereocenters. The van der Waals surface area contributed by atoms with E-state index in [2.05, 4.69) is 17.2 Å². The van der Waals surface area contributed by atoms with E-state index >= 15 is 0 Å². The van der Waals surface area contributed by atoms with Crippen molar-refractivity contribution in [2.45, 2.75) is 32.2 Å². The van der Waals surface area contributed by atoms with E-state index in [1.807, 2.05) is 24.3 Å². The van der Waals surface area contributed by atoms with E-state index in [0.29, 0.717) is 11.0 Å². The minimum atomic E-state index is -0.742. The maximum absolute atomic E-state index is 12.4. The second-order valence-corrected chi connectivity index (χ2v) is 8.05. The molecular formula is C20H26N5O3S+. The fourth-order valence-electron chi connectivity index (χ4n) is 3.31. The summed E-state index contributed by atoms with van der Waals surface area (Å²) in [6, 6.07) is 6.74. The molecule has 0 saturated carbocycles. The number of urea groups is 1. The first kappa shape index (κ1) is 21.0. The highest BCUT2D eigenvalue weighted by atomic mass is 32.2. The predicted octanol–water partition coefficient (Wildman–Crippen LogP) is 2.00. The van der Waals surface area contributed by atoms with E-state index < -0.39 is 12.1 Å². The minimum absolute atomic E-state index is 0.153. The second-order valence-electron chi connectivity index (χ2n) is 7.11. The quantitative estimate of drug-likeness (QED) is 0.719. The van der Waals surface area contributed by atoms with Gasteiger partial charge in [-0.05, 0) is 42.3 Å². The molecule has 2 heterocycles. The Morgan fingerprint density at radius 2 is 1.90 bits per heavy atom. The van der Waals surface area contributed by atoms with Gasteiger partial charge in [0.1, 0.15) is 0 Å². The fraction of sp³-hybridized carbons (Fsp3) is 0.450. The second kappa shape index (κ2) is 8.77. The maximum atomic E-state index is 12.4. The summed E-state index contributed by atoms with van der Waals surface area (Å²) in [5.74, 6) is 0.157. The zero-order valence-electron chi connectivity index (χ0n) is 17.1. The van der Waals surface area contributed by atoms with Gasteiger partial charge in [-0.1, -0.05) is 25.5 Å². The highest BCUT2D eigenvalue weighted by Gasteiger charge is 2.51. The van der Waals surface area contributed by atoms with E-state index in [-0.39, 0.29) is 17.6 Å². The van der Waals surface area contributed by atoms with Crippen molar-refractivity contribution in [2.75, 3.05) is 32.2 Å². The maximum Gasteiger partial charge on any atom is 0.388 e. The molecule has 1 unspecified atom stereocenters. The number of hydrogen-bond acceptors (Lipinski definition) is 5. The minimum Gasteiger partial charge on any atom is -0.325 e. The zero-order valence-corrected chi connectivity index (χ0v) is 18.0. The number of nitrogens with one attached hydrogen (secondary N) is 1. The number of carbonyl (C=O) groups is 3. The standard InChI is InChI=1S/C20H25N5O3S/c1-5-6-7-13-8-10-14(11-9-13)21-15(26)12-29-19-22-16-17(23(19)2)24(3)20(28)25(4)18(16)27/h8-11,16H,5-7,12H2,1-4H3/p+1. The van der Waals surface area contributed by atoms with Crippen molar-refractivity contribution >= 4 is 46.3 Å². The van der Waals surface area contributed by atoms with Crippen LogP contribution in [0.2, 0.25) is 0 Å². The summed E-state index contributed by atoms with van der Waals surface area (Å²) in [4.78, 5) is 43.7. The van der Waals surface area contributed by atoms with Gasteiger partial charge in [0.25, 0.3) is 23.0 Å². The average Bonchev–Trinajstić information content (AvgIpc) is 3.05. The third-order valence-electron chi connectivity index (χ3n) is 4.99. The van der Waals surface area contributed by atoms with Crippen LogP contribution in [0.15, 0.2) is 29.3 Å². The SMILES string of the molecule is CCCCc1ccc(NC(=O)CSC2=NC3C(=O)N(C)C(=O)N(C)C3=[N+]2C)cc1. The molecular weight excluding hydrogens is 390 g/mol. The Labute approximate surface area is 174 Å². The lowest BCUT2D eigenvalue weighted by Gasteiger charge is -2.27. The van der Waals surface area contributed by atoms with Gasteiger partial charge in [0, 0.05) is 12.7 Å². The number of hydrogen-bond donors (Lipinski definition) is 1. The van der Waals surface area contributed by atoms with E-state index in [4.69, 9.17) is 0 Å². The highest BCUT2D eigenvalue weighted by molar-refractivity contribution is 8.14. The Balaban J connectivity index is 1.60. The van der Waals surface area contributed by atoms with Crippen molar-refractivity contribution in [1.29, 1.82) is 0 Å². The number of imide groups is 1. The smallest absolute Gasteiger partial charge is 0.325 e. The van der Waals surface area contributed by atoms with Crippen LogP contribution >= 0.6 is 11.8 Å². The van der Waals surface area contributed by atoms with Gasteiger partial charge in [0.15, 0.2) is 0 Å². The number of fused-ring (bicyclic) bond motifs is 1. The summed E-state index contributed by atoms with van der Waals surface area (Å²) in [6.45, 7) is 2.16. The summed E-state index contributed by atoms with van der Waals surface area (Å²) in [5, 5.41) is 3.42. The van der Waals surface area contributed by atoms with Gasteiger partial charge in [0.05, 0.1) is 19.8 Å². The van der Waals surface area contributed by atoms with E-state index in [0.717, 1.165) is 29.8 Å². The number of rotatable bonds is 6. The van der Waals surface area contributed by atoms with Crippen molar-refractivity contribution in [3.63, 3.8) is 0 Å². The van der Waals surface area contributed by atoms with Gasteiger partial charge in [-0.3, -0.25) is 14.5 Å². The van der Waals surface area contributed by atoms with Crippen LogP contribution in [0.5, 0.6) is 0 Å². The molecule has 2 aliphatic rings. The molecule has 1 aromatic carbocycles. The molecule has 0 aromatic heterocycles. The van der Waals surface area contributed by atoms with Crippen LogP contribution < -0.4 is 5.32 Å². The van der Waals surface area contributed by atoms with Crippen molar-refractivity contribution in [1.82, 2.24) is 9.80 Å². The molecule has 1 N–H and O–H groups in total. The molecule has 1 fully saturated rings. The van der Waals surface area contributed by atoms with Gasteiger partial charge in [-0.25, -0.2) is 14.3 Å². The number of likely N-dealkylation sites (N-methyl/N-ethyl adjacent to an activating group) is 2.